The van der Waals surface area contributed by atoms with Crippen molar-refractivity contribution in [3.8, 4) is 0 Å². The van der Waals surface area contributed by atoms with Gasteiger partial charge in [0.1, 0.15) is 5.78 Å². The Morgan fingerprint density at radius 3 is 2.11 bits per heavy atom. The number of carboxylic acid groups (broad SMARTS) is 1. The van der Waals surface area contributed by atoms with E-state index < -0.39 is 11.9 Å². The van der Waals surface area contributed by atoms with Crippen LogP contribution in [0.15, 0.2) is 0 Å². The van der Waals surface area contributed by atoms with E-state index in [-0.39, 0.29) is 46.3 Å². The summed E-state index contributed by atoms with van der Waals surface area (Å²) in [5.74, 6) is -1.58. The van der Waals surface area contributed by atoms with Crippen molar-refractivity contribution in [2.45, 2.75) is 80.1 Å². The molecule has 1 N–H and O–H groups in total. The molecular formula is C23H38O5. The molecule has 28 heavy (non-hydrogen) atoms. The first-order valence-corrected chi connectivity index (χ1v) is 10.8. The fourth-order valence-corrected chi connectivity index (χ4v) is 4.20. The topological polar surface area (TPSA) is 80.7 Å². The lowest BCUT2D eigenvalue weighted by Crippen LogP contribution is -2.37. The number of hydrogen-bond donors (Lipinski definition) is 1. The first-order chi connectivity index (χ1) is 12.9. The number of carbonyl (C=O) groups is 3. The van der Waals surface area contributed by atoms with Gasteiger partial charge in [0.2, 0.25) is 0 Å². The predicted octanol–water partition coefficient (Wildman–Crippen LogP) is 4.72. The average Bonchev–Trinajstić information content (AvgIpc) is 3.35. The van der Waals surface area contributed by atoms with Crippen molar-refractivity contribution < 1.29 is 24.2 Å². The van der Waals surface area contributed by atoms with Gasteiger partial charge in [0.25, 0.3) is 0 Å². The van der Waals surface area contributed by atoms with Gasteiger partial charge in [-0.25, -0.2) is 0 Å². The summed E-state index contributed by atoms with van der Waals surface area (Å²) in [6, 6.07) is 0. The summed E-state index contributed by atoms with van der Waals surface area (Å²) >= 11 is 0. The van der Waals surface area contributed by atoms with Crippen molar-refractivity contribution in [1.29, 1.82) is 0 Å². The first kappa shape index (κ1) is 22.9. The number of hydrogen-bond acceptors (Lipinski definition) is 4. The minimum atomic E-state index is -0.855. The standard InChI is InChI=1S/C23H38O5/c1-7-23(5,6)13-18(22(2,3)4)21(27)28-11-10-14-8-9-15(14)19(24)16-12-17(16)20(25)26/h14-18H,7-13H2,1-6H3,(H,25,26)/t14-,15?,16?,17?,18?/m1/s1. The van der Waals surface area contributed by atoms with Crippen LogP contribution >= 0.6 is 0 Å². The van der Waals surface area contributed by atoms with Crippen molar-refractivity contribution in [2.24, 2.45) is 40.4 Å². The third-order valence-corrected chi connectivity index (χ3v) is 7.03. The SMILES string of the molecule is CCC(C)(C)CC(C(=O)OCC[C@H]1CCC1C(=O)C1CC1C(=O)O)C(C)(C)C. The Balaban J connectivity index is 1.82. The molecular weight excluding hydrogens is 356 g/mol. The van der Waals surface area contributed by atoms with Crippen molar-refractivity contribution in [3.05, 3.63) is 0 Å². The van der Waals surface area contributed by atoms with Gasteiger partial charge in [-0.1, -0.05) is 48.0 Å². The number of ether oxygens (including phenoxy) is 1. The largest absolute Gasteiger partial charge is 0.481 e. The van der Waals surface area contributed by atoms with Crippen LogP contribution in [0.2, 0.25) is 0 Å². The Labute approximate surface area is 169 Å². The second kappa shape index (κ2) is 8.54. The molecule has 0 amide bonds. The van der Waals surface area contributed by atoms with Crippen molar-refractivity contribution in [2.75, 3.05) is 6.61 Å². The Kier molecular flexibility index (Phi) is 6.99. The van der Waals surface area contributed by atoms with Gasteiger partial charge in [-0.05, 0) is 48.9 Å². The fraction of sp³-hybridized carbons (Fsp3) is 0.870. The van der Waals surface area contributed by atoms with E-state index in [0.29, 0.717) is 19.4 Å². The van der Waals surface area contributed by atoms with E-state index in [2.05, 4.69) is 41.5 Å². The number of Topliss-reactive ketones (excluding diaryl/α,β-unsaturated/α-hetero) is 1. The molecule has 5 nitrogen and oxygen atoms in total. The third-order valence-electron chi connectivity index (χ3n) is 7.03. The first-order valence-electron chi connectivity index (χ1n) is 10.8. The predicted molar refractivity (Wildman–Crippen MR) is 108 cm³/mol. The highest BCUT2D eigenvalue weighted by Crippen LogP contribution is 2.47. The molecule has 0 aromatic carbocycles. The lowest BCUT2D eigenvalue weighted by atomic mass is 9.69. The molecule has 2 saturated carbocycles. The number of aliphatic carboxylic acids is 1. The van der Waals surface area contributed by atoms with E-state index in [4.69, 9.17) is 9.84 Å². The molecule has 0 aromatic rings. The second-order valence-electron chi connectivity index (χ2n) is 10.7. The highest BCUT2D eigenvalue weighted by atomic mass is 16.5. The number of rotatable bonds is 10. The van der Waals surface area contributed by atoms with Crippen LogP contribution in [0.1, 0.15) is 80.1 Å². The van der Waals surface area contributed by atoms with Gasteiger partial charge >= 0.3 is 11.9 Å². The van der Waals surface area contributed by atoms with Crippen LogP contribution in [-0.2, 0) is 19.1 Å². The summed E-state index contributed by atoms with van der Waals surface area (Å²) < 4.78 is 5.65. The van der Waals surface area contributed by atoms with Crippen molar-refractivity contribution in [1.82, 2.24) is 0 Å². The Morgan fingerprint density at radius 1 is 1.04 bits per heavy atom. The zero-order valence-electron chi connectivity index (χ0n) is 18.4. The summed E-state index contributed by atoms with van der Waals surface area (Å²) in [7, 11) is 0. The molecule has 0 bridgehead atoms. The zero-order valence-corrected chi connectivity index (χ0v) is 18.4. The van der Waals surface area contributed by atoms with Crippen LogP contribution in [0.3, 0.4) is 0 Å². The van der Waals surface area contributed by atoms with Crippen molar-refractivity contribution in [3.63, 3.8) is 0 Å². The molecule has 0 aliphatic heterocycles. The number of carboxylic acids is 1. The summed E-state index contributed by atoms with van der Waals surface area (Å²) in [5, 5.41) is 9.02. The molecule has 2 aliphatic carbocycles. The van der Waals surface area contributed by atoms with E-state index in [1.165, 1.54) is 0 Å². The molecule has 5 atom stereocenters. The van der Waals surface area contributed by atoms with Crippen LogP contribution in [-0.4, -0.2) is 29.4 Å². The van der Waals surface area contributed by atoms with E-state index in [0.717, 1.165) is 25.7 Å². The number of carbonyl (C=O) groups excluding carboxylic acids is 2. The monoisotopic (exact) mass is 394 g/mol. The maximum Gasteiger partial charge on any atom is 0.309 e. The normalized spacial score (nSPS) is 28.2. The molecule has 2 fully saturated rings. The molecule has 4 unspecified atom stereocenters. The van der Waals surface area contributed by atoms with Gasteiger partial charge < -0.3 is 9.84 Å². The van der Waals surface area contributed by atoms with Gasteiger partial charge in [0, 0.05) is 11.8 Å². The molecule has 0 heterocycles. The van der Waals surface area contributed by atoms with E-state index in [1.54, 1.807) is 0 Å². The quantitative estimate of drug-likeness (QED) is 0.542. The highest BCUT2D eigenvalue weighted by molar-refractivity contribution is 5.92. The average molecular weight is 395 g/mol. The third kappa shape index (κ3) is 5.57. The molecule has 0 spiro atoms. The van der Waals surface area contributed by atoms with Gasteiger partial charge in [-0.15, -0.1) is 0 Å². The Bertz CT molecular complexity index is 601. The lowest BCUT2D eigenvalue weighted by Gasteiger charge is -2.37. The Morgan fingerprint density at radius 2 is 1.68 bits per heavy atom. The van der Waals surface area contributed by atoms with Gasteiger partial charge in [-0.2, -0.15) is 0 Å². The highest BCUT2D eigenvalue weighted by Gasteiger charge is 2.52. The van der Waals surface area contributed by atoms with Gasteiger partial charge in [0.15, 0.2) is 0 Å². The number of ketones is 1. The lowest BCUT2D eigenvalue weighted by molar-refractivity contribution is -0.155. The molecule has 2 aliphatic rings. The van der Waals surface area contributed by atoms with Crippen LogP contribution in [0.4, 0.5) is 0 Å². The van der Waals surface area contributed by atoms with E-state index in [9.17, 15) is 14.4 Å². The molecule has 0 saturated heterocycles. The van der Waals surface area contributed by atoms with Crippen LogP contribution in [0, 0.1) is 40.4 Å². The maximum absolute atomic E-state index is 12.8. The van der Waals surface area contributed by atoms with Crippen LogP contribution in [0.25, 0.3) is 0 Å². The van der Waals surface area contributed by atoms with Crippen molar-refractivity contribution >= 4 is 17.7 Å². The minimum absolute atomic E-state index is 0.0366. The van der Waals surface area contributed by atoms with E-state index in [1.807, 2.05) is 0 Å². The molecule has 5 heteroatoms. The zero-order chi connectivity index (χ0) is 21.3. The summed E-state index contributed by atoms with van der Waals surface area (Å²) in [5.41, 5.74) is -0.0658. The summed E-state index contributed by atoms with van der Waals surface area (Å²) in [6.07, 6.45) is 4.80. The van der Waals surface area contributed by atoms with Gasteiger partial charge in [0.05, 0.1) is 18.4 Å². The molecule has 0 aromatic heterocycles. The number of esters is 1. The molecule has 0 radical (unpaired) electrons. The fourth-order valence-electron chi connectivity index (χ4n) is 4.20. The van der Waals surface area contributed by atoms with Crippen LogP contribution < -0.4 is 0 Å². The summed E-state index contributed by atoms with van der Waals surface area (Å²) in [4.78, 5) is 36.2. The molecule has 160 valence electrons. The smallest absolute Gasteiger partial charge is 0.309 e. The Hall–Kier alpha value is -1.39. The molecule has 2 rings (SSSR count). The minimum Gasteiger partial charge on any atom is -0.481 e. The maximum atomic E-state index is 12.8. The summed E-state index contributed by atoms with van der Waals surface area (Å²) in [6.45, 7) is 13.1. The van der Waals surface area contributed by atoms with Gasteiger partial charge in [-0.3, -0.25) is 14.4 Å². The van der Waals surface area contributed by atoms with Crippen LogP contribution in [0.5, 0.6) is 0 Å². The second-order valence-corrected chi connectivity index (χ2v) is 10.7. The van der Waals surface area contributed by atoms with E-state index >= 15 is 0 Å².